The Morgan fingerprint density at radius 2 is 1.92 bits per heavy atom. The molecule has 2 heterocycles. The summed E-state index contributed by atoms with van der Waals surface area (Å²) >= 11 is 3.53. The fraction of sp³-hybridized carbons (Fsp3) is 0.190. The molecule has 0 saturated heterocycles. The first-order valence-electron chi connectivity index (χ1n) is 8.36. The van der Waals surface area contributed by atoms with Gasteiger partial charge in [0, 0.05) is 27.9 Å². The third-order valence-corrected chi connectivity index (χ3v) is 5.26. The molecule has 0 aliphatic heterocycles. The summed E-state index contributed by atoms with van der Waals surface area (Å²) in [6.45, 7) is 4.23. The molecule has 0 fully saturated rings. The standard InChI is InChI=1S/C21H18BrNO3/c1-12-6-4-5-7-18(12)25-11-16-13(2)26-20-19(16)15-10-14(22)8-9-17(15)23(3)21(20)24/h4-10H,11H2,1-3H3. The van der Waals surface area contributed by atoms with Crippen LogP contribution in [-0.2, 0) is 13.7 Å². The van der Waals surface area contributed by atoms with Gasteiger partial charge in [0.1, 0.15) is 18.1 Å². The maximum atomic E-state index is 12.7. The summed E-state index contributed by atoms with van der Waals surface area (Å²) in [5.41, 5.74) is 3.08. The van der Waals surface area contributed by atoms with Gasteiger partial charge in [0.25, 0.3) is 5.56 Å². The van der Waals surface area contributed by atoms with Gasteiger partial charge in [-0.2, -0.15) is 0 Å². The van der Waals surface area contributed by atoms with E-state index >= 15 is 0 Å². The number of halogens is 1. The van der Waals surface area contributed by atoms with E-state index in [2.05, 4.69) is 15.9 Å². The fourth-order valence-corrected chi connectivity index (χ4v) is 3.68. The lowest BCUT2D eigenvalue weighted by molar-refractivity contribution is 0.302. The molecule has 0 aliphatic carbocycles. The van der Waals surface area contributed by atoms with E-state index in [0.29, 0.717) is 18.0 Å². The van der Waals surface area contributed by atoms with Gasteiger partial charge in [-0.25, -0.2) is 0 Å². The smallest absolute Gasteiger partial charge is 0.294 e. The van der Waals surface area contributed by atoms with Gasteiger partial charge in [-0.1, -0.05) is 34.1 Å². The van der Waals surface area contributed by atoms with E-state index in [-0.39, 0.29) is 5.56 Å². The second-order valence-electron chi connectivity index (χ2n) is 6.42. The van der Waals surface area contributed by atoms with Gasteiger partial charge in [-0.15, -0.1) is 0 Å². The second-order valence-corrected chi connectivity index (χ2v) is 7.34. The Labute approximate surface area is 159 Å². The van der Waals surface area contributed by atoms with E-state index in [0.717, 1.165) is 37.6 Å². The molecule has 0 saturated carbocycles. The van der Waals surface area contributed by atoms with Gasteiger partial charge >= 0.3 is 0 Å². The van der Waals surface area contributed by atoms with Crippen LogP contribution in [0.4, 0.5) is 0 Å². The monoisotopic (exact) mass is 411 g/mol. The molecular formula is C21H18BrNO3. The predicted molar refractivity (Wildman–Crippen MR) is 107 cm³/mol. The molecule has 4 nitrogen and oxygen atoms in total. The van der Waals surface area contributed by atoms with Gasteiger partial charge < -0.3 is 13.7 Å². The number of aromatic nitrogens is 1. The third kappa shape index (κ3) is 2.63. The van der Waals surface area contributed by atoms with Crippen molar-refractivity contribution < 1.29 is 9.15 Å². The molecule has 0 spiro atoms. The maximum absolute atomic E-state index is 12.7. The molecule has 0 amide bonds. The molecule has 26 heavy (non-hydrogen) atoms. The molecule has 4 rings (SSSR count). The van der Waals surface area contributed by atoms with Crippen molar-refractivity contribution in [1.29, 1.82) is 0 Å². The van der Waals surface area contributed by atoms with Crippen molar-refractivity contribution in [2.75, 3.05) is 0 Å². The van der Waals surface area contributed by atoms with E-state index < -0.39 is 0 Å². The average molecular weight is 412 g/mol. The van der Waals surface area contributed by atoms with Crippen molar-refractivity contribution in [2.24, 2.45) is 7.05 Å². The number of nitrogens with zero attached hydrogens (tertiary/aromatic N) is 1. The highest BCUT2D eigenvalue weighted by Crippen LogP contribution is 2.32. The zero-order chi connectivity index (χ0) is 18.4. The van der Waals surface area contributed by atoms with Crippen LogP contribution in [0.5, 0.6) is 5.75 Å². The highest BCUT2D eigenvalue weighted by atomic mass is 79.9. The Kier molecular flexibility index (Phi) is 4.11. The molecule has 2 aromatic carbocycles. The summed E-state index contributed by atoms with van der Waals surface area (Å²) in [5.74, 6) is 1.54. The van der Waals surface area contributed by atoms with E-state index in [1.165, 1.54) is 0 Å². The molecule has 4 aromatic rings. The largest absolute Gasteiger partial charge is 0.488 e. The van der Waals surface area contributed by atoms with E-state index in [4.69, 9.17) is 9.15 Å². The quantitative estimate of drug-likeness (QED) is 0.462. The topological polar surface area (TPSA) is 44.4 Å². The van der Waals surface area contributed by atoms with Crippen molar-refractivity contribution in [2.45, 2.75) is 20.5 Å². The number of rotatable bonds is 3. The van der Waals surface area contributed by atoms with Crippen molar-refractivity contribution in [3.05, 3.63) is 74.2 Å². The molecule has 0 bridgehead atoms. The van der Waals surface area contributed by atoms with Crippen LogP contribution in [0.25, 0.3) is 21.9 Å². The summed E-state index contributed by atoms with van der Waals surface area (Å²) in [5, 5.41) is 1.80. The number of para-hydroxylation sites is 1. The van der Waals surface area contributed by atoms with Crippen LogP contribution in [0.1, 0.15) is 16.9 Å². The predicted octanol–water partition coefficient (Wildman–Crippen LogP) is 5.24. The molecular weight excluding hydrogens is 394 g/mol. The van der Waals surface area contributed by atoms with Crippen molar-refractivity contribution in [1.82, 2.24) is 4.57 Å². The Balaban J connectivity index is 1.94. The van der Waals surface area contributed by atoms with Gasteiger partial charge in [-0.3, -0.25) is 4.79 Å². The lowest BCUT2D eigenvalue weighted by Crippen LogP contribution is -2.16. The number of hydrogen-bond acceptors (Lipinski definition) is 3. The minimum atomic E-state index is -0.139. The van der Waals surface area contributed by atoms with Crippen LogP contribution in [0, 0.1) is 13.8 Å². The Bertz CT molecular complexity index is 1200. The summed E-state index contributed by atoms with van der Waals surface area (Å²) in [6, 6.07) is 13.8. The fourth-order valence-electron chi connectivity index (χ4n) is 3.32. The van der Waals surface area contributed by atoms with Crippen LogP contribution in [0.15, 0.2) is 56.1 Å². The molecule has 0 N–H and O–H groups in total. The first kappa shape index (κ1) is 16.9. The Morgan fingerprint density at radius 1 is 1.15 bits per heavy atom. The van der Waals surface area contributed by atoms with E-state index in [1.54, 1.807) is 11.6 Å². The van der Waals surface area contributed by atoms with Gasteiger partial charge in [-0.05, 0) is 43.7 Å². The third-order valence-electron chi connectivity index (χ3n) is 4.76. The molecule has 0 radical (unpaired) electrons. The lowest BCUT2D eigenvalue weighted by Gasteiger charge is -2.10. The highest BCUT2D eigenvalue weighted by molar-refractivity contribution is 9.10. The van der Waals surface area contributed by atoms with Crippen LogP contribution < -0.4 is 10.3 Å². The first-order chi connectivity index (χ1) is 12.5. The molecule has 5 heteroatoms. The minimum absolute atomic E-state index is 0.139. The van der Waals surface area contributed by atoms with Crippen molar-refractivity contribution in [3.63, 3.8) is 0 Å². The van der Waals surface area contributed by atoms with Gasteiger partial charge in [0.2, 0.25) is 0 Å². The SMILES string of the molecule is Cc1ccccc1OCc1c(C)oc2c(=O)n(C)c3ccc(Br)cc3c12. The summed E-state index contributed by atoms with van der Waals surface area (Å²) in [6.07, 6.45) is 0. The first-order valence-corrected chi connectivity index (χ1v) is 9.15. The molecule has 0 atom stereocenters. The number of ether oxygens (including phenoxy) is 1. The summed E-state index contributed by atoms with van der Waals surface area (Å²) < 4.78 is 14.5. The lowest BCUT2D eigenvalue weighted by atomic mass is 10.1. The Morgan fingerprint density at radius 3 is 2.69 bits per heavy atom. The number of aryl methyl sites for hydroxylation is 3. The van der Waals surface area contributed by atoms with Crippen LogP contribution in [0.2, 0.25) is 0 Å². The average Bonchev–Trinajstić information content (AvgIpc) is 2.95. The molecule has 2 aromatic heterocycles. The van der Waals surface area contributed by atoms with Crippen LogP contribution in [-0.4, -0.2) is 4.57 Å². The van der Waals surface area contributed by atoms with E-state index in [9.17, 15) is 4.79 Å². The number of pyridine rings is 1. The number of benzene rings is 2. The number of fused-ring (bicyclic) bond motifs is 3. The highest BCUT2D eigenvalue weighted by Gasteiger charge is 2.19. The summed E-state index contributed by atoms with van der Waals surface area (Å²) in [7, 11) is 1.76. The van der Waals surface area contributed by atoms with Gasteiger partial charge in [0.15, 0.2) is 5.58 Å². The molecule has 0 unspecified atom stereocenters. The second kappa shape index (κ2) is 6.32. The normalized spacial score (nSPS) is 11.4. The number of furan rings is 1. The van der Waals surface area contributed by atoms with Crippen LogP contribution in [0.3, 0.4) is 0 Å². The molecule has 132 valence electrons. The minimum Gasteiger partial charge on any atom is -0.488 e. The Hall–Kier alpha value is -2.53. The van der Waals surface area contributed by atoms with E-state index in [1.807, 2.05) is 56.3 Å². The maximum Gasteiger partial charge on any atom is 0.294 e. The molecule has 0 aliphatic rings. The number of hydrogen-bond donors (Lipinski definition) is 0. The zero-order valence-electron chi connectivity index (χ0n) is 14.8. The van der Waals surface area contributed by atoms with Crippen molar-refractivity contribution >= 4 is 37.8 Å². The van der Waals surface area contributed by atoms with Crippen LogP contribution >= 0.6 is 15.9 Å². The summed E-state index contributed by atoms with van der Waals surface area (Å²) in [4.78, 5) is 12.7. The van der Waals surface area contributed by atoms with Gasteiger partial charge in [0.05, 0.1) is 5.52 Å². The van der Waals surface area contributed by atoms with Crippen molar-refractivity contribution in [3.8, 4) is 5.75 Å². The zero-order valence-corrected chi connectivity index (χ0v) is 16.4.